The summed E-state index contributed by atoms with van der Waals surface area (Å²) in [6.45, 7) is 4.73. The van der Waals surface area contributed by atoms with E-state index in [1.54, 1.807) is 0 Å². The maximum atomic E-state index is 12.1. The Hall–Kier alpha value is -1.10. The number of amides is 2. The van der Waals surface area contributed by atoms with Crippen molar-refractivity contribution < 1.29 is 9.59 Å². The summed E-state index contributed by atoms with van der Waals surface area (Å²) in [5.41, 5.74) is 0. The van der Waals surface area contributed by atoms with Crippen molar-refractivity contribution in [3.8, 4) is 0 Å². The molecule has 1 saturated carbocycles. The fourth-order valence-electron chi connectivity index (χ4n) is 3.22. The zero-order chi connectivity index (χ0) is 14.5. The van der Waals surface area contributed by atoms with Crippen LogP contribution in [0.15, 0.2) is 0 Å². The third-order valence-electron chi connectivity index (χ3n) is 4.43. The molecule has 0 radical (unpaired) electrons. The lowest BCUT2D eigenvalue weighted by Gasteiger charge is -2.24. The van der Waals surface area contributed by atoms with Crippen LogP contribution in [0.2, 0.25) is 0 Å². The lowest BCUT2D eigenvalue weighted by atomic mass is 9.85. The first-order valence-electron chi connectivity index (χ1n) is 7.89. The van der Waals surface area contributed by atoms with Gasteiger partial charge in [-0.05, 0) is 25.2 Å². The van der Waals surface area contributed by atoms with Gasteiger partial charge in [-0.1, -0.05) is 26.7 Å². The van der Waals surface area contributed by atoms with E-state index in [0.717, 1.165) is 6.42 Å². The minimum absolute atomic E-state index is 0.00896. The van der Waals surface area contributed by atoms with Gasteiger partial charge in [0.25, 0.3) is 0 Å². The molecule has 2 fully saturated rings. The molecule has 114 valence electrons. The Morgan fingerprint density at radius 2 is 1.85 bits per heavy atom. The van der Waals surface area contributed by atoms with E-state index in [1.165, 1.54) is 25.7 Å². The van der Waals surface area contributed by atoms with Gasteiger partial charge in [0.05, 0.1) is 6.04 Å². The topological polar surface area (TPSA) is 70.2 Å². The van der Waals surface area contributed by atoms with Crippen LogP contribution < -0.4 is 16.0 Å². The molecule has 0 aromatic rings. The molecular formula is C15H27N3O2. The summed E-state index contributed by atoms with van der Waals surface area (Å²) >= 11 is 0. The highest BCUT2D eigenvalue weighted by Gasteiger charge is 2.37. The monoisotopic (exact) mass is 281 g/mol. The molecule has 5 nitrogen and oxygen atoms in total. The lowest BCUT2D eigenvalue weighted by molar-refractivity contribution is -0.125. The molecule has 2 aliphatic rings. The Labute approximate surface area is 121 Å². The highest BCUT2D eigenvalue weighted by atomic mass is 16.2. The Morgan fingerprint density at radius 3 is 2.55 bits per heavy atom. The second kappa shape index (κ2) is 7.07. The van der Waals surface area contributed by atoms with Crippen LogP contribution in [0.4, 0.5) is 0 Å². The van der Waals surface area contributed by atoms with Gasteiger partial charge in [0.15, 0.2) is 0 Å². The van der Waals surface area contributed by atoms with Crippen molar-refractivity contribution in [2.45, 2.75) is 58.0 Å². The van der Waals surface area contributed by atoms with Gasteiger partial charge in [-0.25, -0.2) is 0 Å². The molecule has 1 aliphatic heterocycles. The molecule has 1 saturated heterocycles. The predicted molar refractivity (Wildman–Crippen MR) is 78.1 cm³/mol. The van der Waals surface area contributed by atoms with Crippen LogP contribution >= 0.6 is 0 Å². The minimum atomic E-state index is -0.0381. The number of rotatable bonds is 5. The first kappa shape index (κ1) is 15.3. The molecule has 2 amide bonds. The van der Waals surface area contributed by atoms with Gasteiger partial charge in [0.2, 0.25) is 11.8 Å². The van der Waals surface area contributed by atoms with E-state index in [9.17, 15) is 9.59 Å². The van der Waals surface area contributed by atoms with Crippen molar-refractivity contribution in [3.05, 3.63) is 0 Å². The second-order valence-electron chi connectivity index (χ2n) is 6.34. The second-order valence-corrected chi connectivity index (χ2v) is 6.34. The van der Waals surface area contributed by atoms with Gasteiger partial charge in [-0.3, -0.25) is 9.59 Å². The first-order chi connectivity index (χ1) is 9.58. The van der Waals surface area contributed by atoms with E-state index in [2.05, 4.69) is 16.0 Å². The van der Waals surface area contributed by atoms with Gasteiger partial charge < -0.3 is 16.0 Å². The smallest absolute Gasteiger partial charge is 0.237 e. The van der Waals surface area contributed by atoms with Crippen molar-refractivity contribution >= 4 is 11.8 Å². The number of hydrogen-bond donors (Lipinski definition) is 3. The van der Waals surface area contributed by atoms with Crippen molar-refractivity contribution in [2.24, 2.45) is 11.8 Å². The Morgan fingerprint density at radius 1 is 1.15 bits per heavy atom. The number of carbonyl (C=O) groups is 2. The standard InChI is InChI=1S/C15H27N3O2/c1-10(2)14(19)16-7-8-17-15(20)13-9-11-5-3-4-6-12(11)18-13/h10-13,18H,3-9H2,1-2H3,(H,16,19)(H,17,20). The van der Waals surface area contributed by atoms with Crippen LogP contribution in [0.5, 0.6) is 0 Å². The number of fused-ring (bicyclic) bond motifs is 1. The van der Waals surface area contributed by atoms with E-state index in [1.807, 2.05) is 13.8 Å². The fourth-order valence-corrected chi connectivity index (χ4v) is 3.22. The maximum absolute atomic E-state index is 12.1. The van der Waals surface area contributed by atoms with Crippen molar-refractivity contribution in [1.82, 2.24) is 16.0 Å². The predicted octanol–water partition coefficient (Wildman–Crippen LogP) is 0.796. The minimum Gasteiger partial charge on any atom is -0.354 e. The number of nitrogens with one attached hydrogen (secondary N) is 3. The molecule has 0 aromatic heterocycles. The van der Waals surface area contributed by atoms with E-state index in [-0.39, 0.29) is 23.8 Å². The van der Waals surface area contributed by atoms with Crippen LogP contribution in [-0.2, 0) is 9.59 Å². The van der Waals surface area contributed by atoms with Gasteiger partial charge >= 0.3 is 0 Å². The highest BCUT2D eigenvalue weighted by Crippen LogP contribution is 2.33. The van der Waals surface area contributed by atoms with E-state index >= 15 is 0 Å². The van der Waals surface area contributed by atoms with Crippen molar-refractivity contribution in [2.75, 3.05) is 13.1 Å². The molecule has 0 bridgehead atoms. The lowest BCUT2D eigenvalue weighted by Crippen LogP contribution is -2.45. The summed E-state index contributed by atoms with van der Waals surface area (Å²) in [5, 5.41) is 9.18. The summed E-state index contributed by atoms with van der Waals surface area (Å²) in [6, 6.07) is 0.504. The zero-order valence-corrected chi connectivity index (χ0v) is 12.6. The van der Waals surface area contributed by atoms with Gasteiger partial charge in [-0.15, -0.1) is 0 Å². The number of hydrogen-bond acceptors (Lipinski definition) is 3. The van der Waals surface area contributed by atoms with Gasteiger partial charge in [0, 0.05) is 25.0 Å². The third-order valence-corrected chi connectivity index (χ3v) is 4.43. The van der Waals surface area contributed by atoms with Crippen molar-refractivity contribution in [3.63, 3.8) is 0 Å². The highest BCUT2D eigenvalue weighted by molar-refractivity contribution is 5.82. The molecule has 0 spiro atoms. The normalized spacial score (nSPS) is 29.1. The van der Waals surface area contributed by atoms with Crippen LogP contribution in [0.3, 0.4) is 0 Å². The summed E-state index contributed by atoms with van der Waals surface area (Å²) in [6.07, 6.45) is 6.02. The third kappa shape index (κ3) is 3.95. The van der Waals surface area contributed by atoms with Gasteiger partial charge in [0.1, 0.15) is 0 Å². The Balaban J connectivity index is 1.64. The molecule has 3 N–H and O–H groups in total. The summed E-state index contributed by atoms with van der Waals surface area (Å²) in [4.78, 5) is 23.5. The summed E-state index contributed by atoms with van der Waals surface area (Å²) < 4.78 is 0. The van der Waals surface area contributed by atoms with Gasteiger partial charge in [-0.2, -0.15) is 0 Å². The Bertz CT molecular complexity index is 343. The SMILES string of the molecule is CC(C)C(=O)NCCNC(=O)C1CC2CCCCC2N1. The molecule has 0 aromatic carbocycles. The van der Waals surface area contributed by atoms with E-state index < -0.39 is 0 Å². The number of carbonyl (C=O) groups excluding carboxylic acids is 2. The van der Waals surface area contributed by atoms with Crippen molar-refractivity contribution in [1.29, 1.82) is 0 Å². The molecule has 2 rings (SSSR count). The maximum Gasteiger partial charge on any atom is 0.237 e. The van der Waals surface area contributed by atoms with E-state index in [0.29, 0.717) is 25.0 Å². The quantitative estimate of drug-likeness (QED) is 0.653. The van der Waals surface area contributed by atoms with E-state index in [4.69, 9.17) is 0 Å². The molecule has 1 heterocycles. The molecule has 1 aliphatic carbocycles. The van der Waals surface area contributed by atoms with Crippen LogP contribution in [0, 0.1) is 11.8 Å². The average Bonchev–Trinajstić information content (AvgIpc) is 2.86. The molecule has 20 heavy (non-hydrogen) atoms. The summed E-state index contributed by atoms with van der Waals surface area (Å²) in [5.74, 6) is 0.785. The first-order valence-corrected chi connectivity index (χ1v) is 7.89. The fraction of sp³-hybridized carbons (Fsp3) is 0.867. The van der Waals surface area contributed by atoms with Crippen LogP contribution in [-0.4, -0.2) is 37.0 Å². The molecule has 5 heteroatoms. The zero-order valence-electron chi connectivity index (χ0n) is 12.6. The molecule has 3 unspecified atom stereocenters. The van der Waals surface area contributed by atoms with Crippen LogP contribution in [0.25, 0.3) is 0 Å². The van der Waals surface area contributed by atoms with Crippen LogP contribution in [0.1, 0.15) is 46.0 Å². The molecule has 3 atom stereocenters. The largest absolute Gasteiger partial charge is 0.354 e. The summed E-state index contributed by atoms with van der Waals surface area (Å²) in [7, 11) is 0. The Kier molecular flexibility index (Phi) is 5.40. The average molecular weight is 281 g/mol. The molecular weight excluding hydrogens is 254 g/mol.